The van der Waals surface area contributed by atoms with E-state index in [2.05, 4.69) is 50.0 Å². The van der Waals surface area contributed by atoms with Crippen molar-refractivity contribution in [1.82, 2.24) is 20.8 Å². The van der Waals surface area contributed by atoms with Crippen LogP contribution in [0, 0.1) is 0 Å². The number of rotatable bonds is 5. The Bertz CT molecular complexity index is 608. The van der Waals surface area contributed by atoms with E-state index in [0.29, 0.717) is 13.1 Å². The van der Waals surface area contributed by atoms with Gasteiger partial charge in [-0.15, -0.1) is 0 Å². The summed E-state index contributed by atoms with van der Waals surface area (Å²) in [7, 11) is 0. The molecule has 7 heteroatoms. The molecule has 1 aromatic carbocycles. The van der Waals surface area contributed by atoms with Crippen LogP contribution in [0.1, 0.15) is 11.3 Å². The predicted octanol–water partition coefficient (Wildman–Crippen LogP) is 1.96. The Morgan fingerprint density at radius 3 is 2.57 bits per heavy atom. The van der Waals surface area contributed by atoms with E-state index in [4.69, 9.17) is 0 Å². The largest absolute Gasteiger partial charge is 0.370 e. The molecule has 0 radical (unpaired) electrons. The predicted molar refractivity (Wildman–Crippen MR) is 93.6 cm³/mol. The number of nitrogens with one attached hydrogen (secondary N) is 3. The highest BCUT2D eigenvalue weighted by molar-refractivity contribution is 7.99. The summed E-state index contributed by atoms with van der Waals surface area (Å²) in [6.07, 6.45) is 1.66. The summed E-state index contributed by atoms with van der Waals surface area (Å²) in [6.45, 7) is 3.18. The third-order valence-corrected chi connectivity index (χ3v) is 4.71. The van der Waals surface area contributed by atoms with Crippen LogP contribution >= 0.6 is 11.8 Å². The Labute approximate surface area is 140 Å². The second-order valence-electron chi connectivity index (χ2n) is 5.38. The SMILES string of the molecule is O=C(NCc1ccc(N2CCSCC2)cc1)NCc1ccn[nH]1. The van der Waals surface area contributed by atoms with Crippen molar-refractivity contribution >= 4 is 23.5 Å². The van der Waals surface area contributed by atoms with E-state index in [1.165, 1.54) is 17.2 Å². The molecule has 1 aliphatic rings. The van der Waals surface area contributed by atoms with Crippen molar-refractivity contribution in [3.8, 4) is 0 Å². The van der Waals surface area contributed by atoms with Gasteiger partial charge in [-0.3, -0.25) is 5.10 Å². The molecule has 0 saturated carbocycles. The summed E-state index contributed by atoms with van der Waals surface area (Å²) in [5, 5.41) is 12.3. The molecule has 3 N–H and O–H groups in total. The number of amides is 2. The molecule has 3 rings (SSSR count). The summed E-state index contributed by atoms with van der Waals surface area (Å²) in [5.41, 5.74) is 3.23. The van der Waals surface area contributed by atoms with Gasteiger partial charge in [-0.2, -0.15) is 16.9 Å². The van der Waals surface area contributed by atoms with Crippen LogP contribution in [0.2, 0.25) is 0 Å². The lowest BCUT2D eigenvalue weighted by atomic mass is 10.2. The van der Waals surface area contributed by atoms with E-state index in [9.17, 15) is 4.79 Å². The Morgan fingerprint density at radius 1 is 1.13 bits per heavy atom. The highest BCUT2D eigenvalue weighted by Gasteiger charge is 2.10. The fraction of sp³-hybridized carbons (Fsp3) is 0.375. The number of aromatic amines is 1. The van der Waals surface area contributed by atoms with Gasteiger partial charge in [-0.25, -0.2) is 4.79 Å². The molecule has 6 nitrogen and oxygen atoms in total. The van der Waals surface area contributed by atoms with E-state index in [-0.39, 0.29) is 6.03 Å². The van der Waals surface area contributed by atoms with Gasteiger partial charge >= 0.3 is 6.03 Å². The average molecular weight is 331 g/mol. The quantitative estimate of drug-likeness (QED) is 0.783. The van der Waals surface area contributed by atoms with Crippen LogP contribution in [0.25, 0.3) is 0 Å². The van der Waals surface area contributed by atoms with Crippen LogP contribution in [-0.4, -0.2) is 40.8 Å². The maximum atomic E-state index is 11.8. The van der Waals surface area contributed by atoms with Gasteiger partial charge in [0.05, 0.1) is 12.2 Å². The minimum Gasteiger partial charge on any atom is -0.370 e. The first kappa shape index (κ1) is 15.7. The number of urea groups is 1. The topological polar surface area (TPSA) is 73.1 Å². The molecule has 122 valence electrons. The third-order valence-electron chi connectivity index (χ3n) is 3.76. The van der Waals surface area contributed by atoms with Crippen molar-refractivity contribution in [2.45, 2.75) is 13.1 Å². The Kier molecular flexibility index (Phi) is 5.42. The van der Waals surface area contributed by atoms with Crippen LogP contribution < -0.4 is 15.5 Å². The number of anilines is 1. The smallest absolute Gasteiger partial charge is 0.315 e. The lowest BCUT2D eigenvalue weighted by Gasteiger charge is -2.28. The number of hydrogen-bond acceptors (Lipinski definition) is 4. The van der Waals surface area contributed by atoms with Gasteiger partial charge in [0, 0.05) is 43.0 Å². The summed E-state index contributed by atoms with van der Waals surface area (Å²) in [4.78, 5) is 14.2. The monoisotopic (exact) mass is 331 g/mol. The van der Waals surface area contributed by atoms with Crippen LogP contribution in [0.3, 0.4) is 0 Å². The van der Waals surface area contributed by atoms with Crippen molar-refractivity contribution in [3.05, 3.63) is 47.8 Å². The van der Waals surface area contributed by atoms with Gasteiger partial charge in [0.2, 0.25) is 0 Å². The lowest BCUT2D eigenvalue weighted by Crippen LogP contribution is -2.34. The molecule has 1 saturated heterocycles. The molecule has 2 aromatic rings. The first-order chi connectivity index (χ1) is 11.3. The molecule has 1 fully saturated rings. The number of hydrogen-bond donors (Lipinski definition) is 3. The molecule has 23 heavy (non-hydrogen) atoms. The minimum atomic E-state index is -0.184. The van der Waals surface area contributed by atoms with E-state index in [1.807, 2.05) is 17.8 Å². The number of carbonyl (C=O) groups is 1. The zero-order valence-electron chi connectivity index (χ0n) is 12.9. The molecule has 0 spiro atoms. The second-order valence-corrected chi connectivity index (χ2v) is 6.61. The summed E-state index contributed by atoms with van der Waals surface area (Å²) in [6, 6.07) is 10.1. The number of thioether (sulfide) groups is 1. The van der Waals surface area contributed by atoms with E-state index >= 15 is 0 Å². The van der Waals surface area contributed by atoms with Crippen molar-refractivity contribution in [3.63, 3.8) is 0 Å². The number of carbonyl (C=O) groups excluding carboxylic acids is 1. The van der Waals surface area contributed by atoms with E-state index in [0.717, 1.165) is 24.3 Å². The maximum Gasteiger partial charge on any atom is 0.315 e. The standard InChI is InChI=1S/C16H21N5OS/c22-16(18-12-14-5-6-19-20-14)17-11-13-1-3-15(4-2-13)21-7-9-23-10-8-21/h1-6H,7-12H2,(H,19,20)(H2,17,18,22). The molecule has 2 heterocycles. The number of nitrogens with zero attached hydrogens (tertiary/aromatic N) is 2. The number of aromatic nitrogens is 2. The highest BCUT2D eigenvalue weighted by Crippen LogP contribution is 2.19. The van der Waals surface area contributed by atoms with Gasteiger partial charge in [0.1, 0.15) is 0 Å². The van der Waals surface area contributed by atoms with Gasteiger partial charge in [-0.1, -0.05) is 12.1 Å². The first-order valence-electron chi connectivity index (χ1n) is 7.73. The lowest BCUT2D eigenvalue weighted by molar-refractivity contribution is 0.240. The number of benzene rings is 1. The van der Waals surface area contributed by atoms with Crippen LogP contribution in [0.15, 0.2) is 36.5 Å². The Hall–Kier alpha value is -2.15. The van der Waals surface area contributed by atoms with Crippen molar-refractivity contribution < 1.29 is 4.79 Å². The molecule has 0 bridgehead atoms. The Balaban J connectivity index is 1.43. The summed E-state index contributed by atoms with van der Waals surface area (Å²) in [5.74, 6) is 2.39. The fourth-order valence-corrected chi connectivity index (χ4v) is 3.35. The van der Waals surface area contributed by atoms with Crippen LogP contribution in [-0.2, 0) is 13.1 Å². The molecule has 1 aliphatic heterocycles. The molecular weight excluding hydrogens is 310 g/mol. The zero-order chi connectivity index (χ0) is 15.9. The van der Waals surface area contributed by atoms with Crippen molar-refractivity contribution in [2.24, 2.45) is 0 Å². The molecule has 0 aliphatic carbocycles. The molecule has 2 amide bonds. The van der Waals surface area contributed by atoms with Gasteiger partial charge in [0.25, 0.3) is 0 Å². The average Bonchev–Trinajstić information content (AvgIpc) is 3.13. The molecule has 0 unspecified atom stereocenters. The Morgan fingerprint density at radius 2 is 1.87 bits per heavy atom. The molecule has 0 atom stereocenters. The summed E-state index contributed by atoms with van der Waals surface area (Å²) >= 11 is 2.01. The zero-order valence-corrected chi connectivity index (χ0v) is 13.7. The first-order valence-corrected chi connectivity index (χ1v) is 8.88. The van der Waals surface area contributed by atoms with Crippen molar-refractivity contribution in [2.75, 3.05) is 29.5 Å². The van der Waals surface area contributed by atoms with Crippen LogP contribution in [0.4, 0.5) is 10.5 Å². The highest BCUT2D eigenvalue weighted by atomic mass is 32.2. The minimum absolute atomic E-state index is 0.184. The number of H-pyrrole nitrogens is 1. The molecule has 1 aromatic heterocycles. The molecular formula is C16H21N5OS. The summed E-state index contributed by atoms with van der Waals surface area (Å²) < 4.78 is 0. The third kappa shape index (κ3) is 4.66. The van der Waals surface area contributed by atoms with Crippen LogP contribution in [0.5, 0.6) is 0 Å². The van der Waals surface area contributed by atoms with Gasteiger partial charge in [-0.05, 0) is 23.8 Å². The van der Waals surface area contributed by atoms with Gasteiger partial charge < -0.3 is 15.5 Å². The van der Waals surface area contributed by atoms with E-state index < -0.39 is 0 Å². The second kappa shape index (κ2) is 7.92. The normalized spacial score (nSPS) is 14.5. The van der Waals surface area contributed by atoms with E-state index in [1.54, 1.807) is 6.20 Å². The fourth-order valence-electron chi connectivity index (χ4n) is 2.45. The maximum absolute atomic E-state index is 11.8. The van der Waals surface area contributed by atoms with Gasteiger partial charge in [0.15, 0.2) is 0 Å². The van der Waals surface area contributed by atoms with Crippen molar-refractivity contribution in [1.29, 1.82) is 0 Å².